The van der Waals surface area contributed by atoms with Gasteiger partial charge in [0.1, 0.15) is 5.82 Å². The second-order valence-corrected chi connectivity index (χ2v) is 4.58. The number of H-pyrrole nitrogens is 1. The number of anilines is 1. The minimum Gasteiger partial charge on any atom is -0.367 e. The van der Waals surface area contributed by atoms with Crippen LogP contribution in [0.1, 0.15) is 26.5 Å². The topological polar surface area (TPSA) is 53.6 Å². The van der Waals surface area contributed by atoms with E-state index in [0.29, 0.717) is 12.0 Å². The fourth-order valence-corrected chi connectivity index (χ4v) is 1.61. The van der Waals surface area contributed by atoms with E-state index in [-0.39, 0.29) is 13.5 Å². The first kappa shape index (κ1) is 13.8. The summed E-state index contributed by atoms with van der Waals surface area (Å²) in [5.41, 5.74) is 2.02. The molecule has 2 N–H and O–H groups in total. The van der Waals surface area contributed by atoms with Gasteiger partial charge in [-0.15, -0.1) is 0 Å². The monoisotopic (exact) mass is 252 g/mol. The maximum atomic E-state index is 4.39. The molecule has 1 atom stereocenters. The lowest BCUT2D eigenvalue weighted by molar-refractivity contribution is 0.559. The molecule has 0 aliphatic carbocycles. The van der Waals surface area contributed by atoms with Crippen molar-refractivity contribution >= 4 is 30.2 Å². The van der Waals surface area contributed by atoms with Crippen molar-refractivity contribution < 1.29 is 0 Å². The molecular formula is C12H20N4S. The van der Waals surface area contributed by atoms with Crippen molar-refractivity contribution in [3.63, 3.8) is 0 Å². The number of aryl methyl sites for hydroxylation is 1. The van der Waals surface area contributed by atoms with Crippen LogP contribution in [0.2, 0.25) is 0 Å². The zero-order valence-electron chi connectivity index (χ0n) is 10.7. The molecule has 0 radical (unpaired) electrons. The molecule has 0 aromatic carbocycles. The van der Waals surface area contributed by atoms with Gasteiger partial charge in [0.25, 0.3) is 0 Å². The maximum absolute atomic E-state index is 4.39. The summed E-state index contributed by atoms with van der Waals surface area (Å²) in [6, 6.07) is 2.32. The van der Waals surface area contributed by atoms with Gasteiger partial charge in [-0.05, 0) is 25.8 Å². The van der Waals surface area contributed by atoms with Crippen molar-refractivity contribution in [3.05, 3.63) is 18.0 Å². The molecule has 2 heterocycles. The Hall–Kier alpha value is -1.23. The summed E-state index contributed by atoms with van der Waals surface area (Å²) in [7, 11) is 0. The van der Waals surface area contributed by atoms with E-state index in [4.69, 9.17) is 0 Å². The van der Waals surface area contributed by atoms with Crippen molar-refractivity contribution in [2.75, 3.05) is 5.32 Å². The highest BCUT2D eigenvalue weighted by Gasteiger charge is 2.12. The Labute approximate surface area is 109 Å². The van der Waals surface area contributed by atoms with Crippen molar-refractivity contribution in [1.82, 2.24) is 15.2 Å². The highest BCUT2D eigenvalue weighted by molar-refractivity contribution is 7.59. The van der Waals surface area contributed by atoms with Gasteiger partial charge < -0.3 is 5.32 Å². The number of pyridine rings is 1. The van der Waals surface area contributed by atoms with Gasteiger partial charge >= 0.3 is 0 Å². The largest absolute Gasteiger partial charge is 0.367 e. The lowest BCUT2D eigenvalue weighted by Crippen LogP contribution is -2.22. The molecule has 17 heavy (non-hydrogen) atoms. The summed E-state index contributed by atoms with van der Waals surface area (Å²) >= 11 is 0. The van der Waals surface area contributed by atoms with E-state index in [2.05, 4.69) is 41.3 Å². The molecule has 0 fully saturated rings. The third-order valence-electron chi connectivity index (χ3n) is 3.01. The Morgan fingerprint density at radius 2 is 2.00 bits per heavy atom. The van der Waals surface area contributed by atoms with Gasteiger partial charge in [0.2, 0.25) is 0 Å². The second kappa shape index (κ2) is 5.40. The predicted molar refractivity (Wildman–Crippen MR) is 76.9 cm³/mol. The van der Waals surface area contributed by atoms with Gasteiger partial charge in [0, 0.05) is 17.9 Å². The first-order valence-electron chi connectivity index (χ1n) is 5.66. The van der Waals surface area contributed by atoms with Crippen LogP contribution in [0.25, 0.3) is 10.9 Å². The summed E-state index contributed by atoms with van der Waals surface area (Å²) in [5.74, 6) is 1.49. The van der Waals surface area contributed by atoms with Crippen LogP contribution in [-0.4, -0.2) is 21.2 Å². The second-order valence-electron chi connectivity index (χ2n) is 4.58. The van der Waals surface area contributed by atoms with Crippen LogP contribution in [0.4, 0.5) is 5.82 Å². The van der Waals surface area contributed by atoms with Crippen LogP contribution >= 0.6 is 13.5 Å². The summed E-state index contributed by atoms with van der Waals surface area (Å²) in [6.07, 6.45) is 1.79. The molecule has 2 aromatic rings. The standard InChI is InChI=1S/C12H18N4.H2S/c1-7(2)8(3)14-12-11-9(4)15-16-10(11)5-6-13-12;/h5-8H,1-4H3,(H,13,14)(H,15,16);1H2/t8-;/m0./s1. The van der Waals surface area contributed by atoms with Crippen molar-refractivity contribution in [2.45, 2.75) is 33.7 Å². The molecule has 2 aromatic heterocycles. The SMILES string of the molecule is Cc1[nH]nc2ccnc(N[C@@H](C)C(C)C)c12.S. The van der Waals surface area contributed by atoms with Crippen LogP contribution < -0.4 is 5.32 Å². The Morgan fingerprint density at radius 3 is 2.65 bits per heavy atom. The van der Waals surface area contributed by atoms with Crippen molar-refractivity contribution in [1.29, 1.82) is 0 Å². The molecule has 0 saturated carbocycles. The number of aromatic amines is 1. The third-order valence-corrected chi connectivity index (χ3v) is 3.01. The zero-order valence-corrected chi connectivity index (χ0v) is 11.7. The van der Waals surface area contributed by atoms with Crippen LogP contribution in [0, 0.1) is 12.8 Å². The lowest BCUT2D eigenvalue weighted by atomic mass is 10.1. The number of rotatable bonds is 3. The Bertz CT molecular complexity index is 492. The quantitative estimate of drug-likeness (QED) is 0.883. The highest BCUT2D eigenvalue weighted by Crippen LogP contribution is 2.23. The first-order chi connectivity index (χ1) is 7.59. The summed E-state index contributed by atoms with van der Waals surface area (Å²) in [5, 5.41) is 11.7. The van der Waals surface area contributed by atoms with Gasteiger partial charge in [0.05, 0.1) is 10.9 Å². The third kappa shape index (κ3) is 2.72. The fourth-order valence-electron chi connectivity index (χ4n) is 1.61. The smallest absolute Gasteiger partial charge is 0.137 e. The maximum Gasteiger partial charge on any atom is 0.137 e. The molecule has 0 unspecified atom stereocenters. The van der Waals surface area contributed by atoms with Crippen LogP contribution in [0.15, 0.2) is 12.3 Å². The number of aromatic nitrogens is 3. The zero-order chi connectivity index (χ0) is 11.7. The average Bonchev–Trinajstić information content (AvgIpc) is 2.61. The van der Waals surface area contributed by atoms with Crippen molar-refractivity contribution in [3.8, 4) is 0 Å². The van der Waals surface area contributed by atoms with Crippen LogP contribution in [-0.2, 0) is 0 Å². The molecule has 0 aliphatic heterocycles. The molecule has 0 saturated heterocycles. The summed E-state index contributed by atoms with van der Waals surface area (Å²) in [6.45, 7) is 8.57. The van der Waals surface area contributed by atoms with Crippen LogP contribution in [0.3, 0.4) is 0 Å². The molecule has 4 nitrogen and oxygen atoms in total. The summed E-state index contributed by atoms with van der Waals surface area (Å²) in [4.78, 5) is 4.39. The van der Waals surface area contributed by atoms with E-state index < -0.39 is 0 Å². The Balaban J connectivity index is 0.00000144. The van der Waals surface area contributed by atoms with Crippen LogP contribution in [0.5, 0.6) is 0 Å². The van der Waals surface area contributed by atoms with Gasteiger partial charge in [-0.3, -0.25) is 5.10 Å². The van der Waals surface area contributed by atoms with Gasteiger partial charge in [-0.2, -0.15) is 18.6 Å². The Kier molecular flexibility index (Phi) is 4.40. The molecule has 0 bridgehead atoms. The van der Waals surface area contributed by atoms with Crippen molar-refractivity contribution in [2.24, 2.45) is 5.92 Å². The van der Waals surface area contributed by atoms with E-state index in [1.807, 2.05) is 13.0 Å². The molecule has 5 heteroatoms. The normalized spacial score (nSPS) is 12.5. The molecule has 0 spiro atoms. The minimum absolute atomic E-state index is 0. The molecule has 94 valence electrons. The molecule has 0 amide bonds. The van der Waals surface area contributed by atoms with E-state index in [9.17, 15) is 0 Å². The number of hydrogen-bond acceptors (Lipinski definition) is 3. The highest BCUT2D eigenvalue weighted by atomic mass is 32.1. The number of nitrogens with zero attached hydrogens (tertiary/aromatic N) is 2. The minimum atomic E-state index is 0. The van der Waals surface area contributed by atoms with E-state index in [1.165, 1.54) is 0 Å². The predicted octanol–water partition coefficient (Wildman–Crippen LogP) is 2.84. The molecule has 2 rings (SSSR count). The molecule has 0 aliphatic rings. The lowest BCUT2D eigenvalue weighted by Gasteiger charge is -2.18. The first-order valence-corrected chi connectivity index (χ1v) is 5.66. The van der Waals surface area contributed by atoms with E-state index in [0.717, 1.165) is 22.4 Å². The Morgan fingerprint density at radius 1 is 1.29 bits per heavy atom. The van der Waals surface area contributed by atoms with E-state index in [1.54, 1.807) is 6.20 Å². The number of hydrogen-bond donors (Lipinski definition) is 2. The van der Waals surface area contributed by atoms with Gasteiger partial charge in [-0.1, -0.05) is 13.8 Å². The van der Waals surface area contributed by atoms with Gasteiger partial charge in [-0.25, -0.2) is 4.98 Å². The number of fused-ring (bicyclic) bond motifs is 1. The summed E-state index contributed by atoms with van der Waals surface area (Å²) < 4.78 is 0. The van der Waals surface area contributed by atoms with E-state index >= 15 is 0 Å². The molecular weight excluding hydrogens is 232 g/mol. The van der Waals surface area contributed by atoms with Gasteiger partial charge in [0.15, 0.2) is 0 Å². The number of nitrogens with one attached hydrogen (secondary N) is 2. The average molecular weight is 252 g/mol. The fraction of sp³-hybridized carbons (Fsp3) is 0.500.